The smallest absolute Gasteiger partial charge is 0.0634 e. The third kappa shape index (κ3) is 2.74. The van der Waals surface area contributed by atoms with E-state index in [-0.39, 0.29) is 0 Å². The van der Waals surface area contributed by atoms with E-state index in [2.05, 4.69) is 41.0 Å². The van der Waals surface area contributed by atoms with Crippen molar-refractivity contribution in [1.29, 1.82) is 0 Å². The summed E-state index contributed by atoms with van der Waals surface area (Å²) in [6.45, 7) is 0. The van der Waals surface area contributed by atoms with Crippen molar-refractivity contribution >= 4 is 17.0 Å². The predicted octanol–water partition coefficient (Wildman–Crippen LogP) is 5.58. The first kappa shape index (κ1) is 13.4. The summed E-state index contributed by atoms with van der Waals surface area (Å²) in [4.78, 5) is 1.50. The van der Waals surface area contributed by atoms with Gasteiger partial charge in [-0.2, -0.15) is 0 Å². The summed E-state index contributed by atoms with van der Waals surface area (Å²) in [6, 6.07) is 12.0. The Morgan fingerprint density at radius 3 is 2.67 bits per heavy atom. The van der Waals surface area contributed by atoms with Gasteiger partial charge in [-0.1, -0.05) is 25.0 Å². The molecule has 0 bridgehead atoms. The molecular formula is C19H23NS. The number of rotatable bonds is 4. The molecule has 1 nitrogen and oxygen atoms in total. The zero-order chi connectivity index (χ0) is 14.1. The van der Waals surface area contributed by atoms with Crippen molar-refractivity contribution in [2.24, 2.45) is 5.92 Å². The Labute approximate surface area is 131 Å². The van der Waals surface area contributed by atoms with E-state index in [4.69, 9.17) is 0 Å². The molecule has 2 aromatic rings. The Hall–Kier alpha value is -1.28. The van der Waals surface area contributed by atoms with Crippen molar-refractivity contribution in [2.45, 2.75) is 51.0 Å². The van der Waals surface area contributed by atoms with Gasteiger partial charge in [-0.25, -0.2) is 0 Å². The van der Waals surface area contributed by atoms with E-state index < -0.39 is 0 Å². The molecule has 1 fully saturated rings. The maximum absolute atomic E-state index is 3.86. The minimum atomic E-state index is 0.506. The van der Waals surface area contributed by atoms with E-state index in [1.54, 1.807) is 11.1 Å². The van der Waals surface area contributed by atoms with Crippen molar-refractivity contribution in [3.63, 3.8) is 0 Å². The molecule has 1 N–H and O–H groups in total. The van der Waals surface area contributed by atoms with Gasteiger partial charge in [-0.3, -0.25) is 0 Å². The molecule has 1 saturated carbocycles. The van der Waals surface area contributed by atoms with E-state index in [1.807, 2.05) is 11.3 Å². The fourth-order valence-electron chi connectivity index (χ4n) is 4.02. The molecule has 0 radical (unpaired) electrons. The molecule has 0 aliphatic heterocycles. The summed E-state index contributed by atoms with van der Waals surface area (Å²) in [5.41, 5.74) is 4.45. The maximum Gasteiger partial charge on any atom is 0.0634 e. The minimum Gasteiger partial charge on any atom is -0.377 e. The largest absolute Gasteiger partial charge is 0.377 e. The molecule has 1 aromatic heterocycles. The number of hydrogen-bond acceptors (Lipinski definition) is 2. The van der Waals surface area contributed by atoms with Crippen molar-refractivity contribution in [2.75, 3.05) is 5.32 Å². The Bertz CT molecular complexity index is 596. The van der Waals surface area contributed by atoms with E-state index in [9.17, 15) is 0 Å². The van der Waals surface area contributed by atoms with Crippen LogP contribution < -0.4 is 5.32 Å². The lowest BCUT2D eigenvalue weighted by Crippen LogP contribution is -2.18. The Balaban J connectivity index is 1.59. The quantitative estimate of drug-likeness (QED) is 0.776. The van der Waals surface area contributed by atoms with Crippen LogP contribution in [0, 0.1) is 5.92 Å². The number of benzene rings is 1. The molecule has 2 aliphatic rings. The lowest BCUT2D eigenvalue weighted by molar-refractivity contribution is 0.475. The first-order valence-electron chi connectivity index (χ1n) is 8.32. The second kappa shape index (κ2) is 5.84. The van der Waals surface area contributed by atoms with Gasteiger partial charge >= 0.3 is 0 Å². The molecule has 2 heteroatoms. The molecule has 110 valence electrons. The lowest BCUT2D eigenvalue weighted by Gasteiger charge is -2.25. The molecule has 0 saturated heterocycles. The summed E-state index contributed by atoms with van der Waals surface area (Å²) in [6.07, 6.45) is 9.41. The number of thiophene rings is 1. The van der Waals surface area contributed by atoms with Crippen LogP contribution in [0.3, 0.4) is 0 Å². The van der Waals surface area contributed by atoms with Crippen LogP contribution in [-0.2, 0) is 12.8 Å². The number of anilines is 1. The fourth-order valence-corrected chi connectivity index (χ4v) is 4.89. The molecule has 21 heavy (non-hydrogen) atoms. The average molecular weight is 297 g/mol. The molecule has 1 atom stereocenters. The van der Waals surface area contributed by atoms with Crippen molar-refractivity contribution < 1.29 is 0 Å². The molecular weight excluding hydrogens is 274 g/mol. The maximum atomic E-state index is 3.86. The Kier molecular flexibility index (Phi) is 3.72. The molecule has 4 rings (SSSR count). The Morgan fingerprint density at radius 2 is 1.86 bits per heavy atom. The van der Waals surface area contributed by atoms with Crippen LogP contribution in [0.25, 0.3) is 0 Å². The molecule has 0 amide bonds. The van der Waals surface area contributed by atoms with Gasteiger partial charge in [0, 0.05) is 10.6 Å². The van der Waals surface area contributed by atoms with Crippen molar-refractivity contribution in [3.8, 4) is 0 Å². The third-order valence-corrected chi connectivity index (χ3v) is 6.10. The van der Waals surface area contributed by atoms with Crippen molar-refractivity contribution in [3.05, 3.63) is 51.7 Å². The average Bonchev–Trinajstić information content (AvgIpc) is 3.24. The zero-order valence-corrected chi connectivity index (χ0v) is 13.3. The summed E-state index contributed by atoms with van der Waals surface area (Å²) in [5.74, 6) is 0.803. The summed E-state index contributed by atoms with van der Waals surface area (Å²) in [7, 11) is 0. The van der Waals surface area contributed by atoms with Crippen LogP contribution in [0.1, 0.15) is 54.1 Å². The Morgan fingerprint density at radius 1 is 1.00 bits per heavy atom. The van der Waals surface area contributed by atoms with E-state index >= 15 is 0 Å². The highest BCUT2D eigenvalue weighted by Gasteiger charge is 2.27. The molecule has 1 aromatic carbocycles. The van der Waals surface area contributed by atoms with Gasteiger partial charge < -0.3 is 5.32 Å². The standard InChI is InChI=1S/C19H23NS/c1-2-6-15(5-1)19(18-9-4-12-21-18)20-17-11-10-14-7-3-8-16(14)13-17/h4,9-13,15,19-20H,1-3,5-8H2. The van der Waals surface area contributed by atoms with Gasteiger partial charge in [0.25, 0.3) is 0 Å². The van der Waals surface area contributed by atoms with Crippen molar-refractivity contribution in [1.82, 2.24) is 0 Å². The summed E-state index contributed by atoms with van der Waals surface area (Å²) < 4.78 is 0. The highest BCUT2D eigenvalue weighted by Crippen LogP contribution is 2.39. The first-order valence-corrected chi connectivity index (χ1v) is 9.20. The number of fused-ring (bicyclic) bond motifs is 1. The lowest BCUT2D eigenvalue weighted by atomic mass is 9.96. The number of hydrogen-bond donors (Lipinski definition) is 1. The van der Waals surface area contributed by atoms with Gasteiger partial charge in [0.2, 0.25) is 0 Å². The predicted molar refractivity (Wildman–Crippen MR) is 91.1 cm³/mol. The van der Waals surface area contributed by atoms with Crippen LogP contribution in [0.5, 0.6) is 0 Å². The minimum absolute atomic E-state index is 0.506. The zero-order valence-electron chi connectivity index (χ0n) is 12.5. The van der Waals surface area contributed by atoms with E-state index in [0.29, 0.717) is 6.04 Å². The highest BCUT2D eigenvalue weighted by molar-refractivity contribution is 7.10. The van der Waals surface area contributed by atoms with Gasteiger partial charge in [0.1, 0.15) is 0 Å². The third-order valence-electron chi connectivity index (χ3n) is 5.14. The second-order valence-corrected chi connectivity index (χ2v) is 7.50. The number of nitrogens with one attached hydrogen (secondary N) is 1. The first-order chi connectivity index (χ1) is 10.4. The molecule has 1 heterocycles. The topological polar surface area (TPSA) is 12.0 Å². The summed E-state index contributed by atoms with van der Waals surface area (Å²) >= 11 is 1.90. The molecule has 1 unspecified atom stereocenters. The van der Waals surface area contributed by atoms with Crippen LogP contribution >= 0.6 is 11.3 Å². The van der Waals surface area contributed by atoms with Crippen LogP contribution in [0.15, 0.2) is 35.7 Å². The summed E-state index contributed by atoms with van der Waals surface area (Å²) in [5, 5.41) is 6.07. The molecule has 2 aliphatic carbocycles. The van der Waals surface area contributed by atoms with Crippen LogP contribution in [-0.4, -0.2) is 0 Å². The highest BCUT2D eigenvalue weighted by atomic mass is 32.1. The second-order valence-electron chi connectivity index (χ2n) is 6.52. The van der Waals surface area contributed by atoms with Crippen LogP contribution in [0.4, 0.5) is 5.69 Å². The van der Waals surface area contributed by atoms with Gasteiger partial charge in [0.05, 0.1) is 6.04 Å². The van der Waals surface area contributed by atoms with Crippen LogP contribution in [0.2, 0.25) is 0 Å². The monoisotopic (exact) mass is 297 g/mol. The normalized spacial score (nSPS) is 19.6. The van der Waals surface area contributed by atoms with Gasteiger partial charge in [-0.15, -0.1) is 11.3 Å². The van der Waals surface area contributed by atoms with Gasteiger partial charge in [0.15, 0.2) is 0 Å². The number of aryl methyl sites for hydroxylation is 2. The van der Waals surface area contributed by atoms with E-state index in [1.165, 1.54) is 55.5 Å². The van der Waals surface area contributed by atoms with Gasteiger partial charge in [-0.05, 0) is 72.7 Å². The molecule has 0 spiro atoms. The fraction of sp³-hybridized carbons (Fsp3) is 0.474. The SMILES string of the molecule is c1csc(C(Nc2ccc3c(c2)CCC3)C2CCCC2)c1. The van der Waals surface area contributed by atoms with E-state index in [0.717, 1.165) is 5.92 Å².